The third-order valence-corrected chi connectivity index (χ3v) is 4.73. The first-order chi connectivity index (χ1) is 8.43. The summed E-state index contributed by atoms with van der Waals surface area (Å²) in [5, 5.41) is 9.75. The van der Waals surface area contributed by atoms with Crippen molar-refractivity contribution in [1.29, 1.82) is 0 Å². The van der Waals surface area contributed by atoms with Gasteiger partial charge in [-0.3, -0.25) is 0 Å². The molecule has 4 nitrogen and oxygen atoms in total. The largest absolute Gasteiger partial charge is 0.388 e. The average molecular weight is 271 g/mol. The highest BCUT2D eigenvalue weighted by Crippen LogP contribution is 2.21. The maximum Gasteiger partial charge on any atom is 0.242 e. The van der Waals surface area contributed by atoms with E-state index in [1.165, 1.54) is 4.31 Å². The molecule has 1 N–H and O–H groups in total. The lowest BCUT2D eigenvalue weighted by Gasteiger charge is -2.17. The lowest BCUT2D eigenvalue weighted by molar-refractivity contribution is 0.173. The zero-order chi connectivity index (χ0) is 13.8. The summed E-state index contributed by atoms with van der Waals surface area (Å²) >= 11 is 0. The van der Waals surface area contributed by atoms with Crippen LogP contribution >= 0.6 is 0 Å². The van der Waals surface area contributed by atoms with Crippen LogP contribution in [0.3, 0.4) is 0 Å². The Bertz CT molecular complexity index is 485. The topological polar surface area (TPSA) is 57.6 Å². The van der Waals surface area contributed by atoms with Crippen molar-refractivity contribution in [3.05, 3.63) is 29.8 Å². The van der Waals surface area contributed by atoms with Gasteiger partial charge in [0.1, 0.15) is 0 Å². The molecule has 0 saturated heterocycles. The zero-order valence-electron chi connectivity index (χ0n) is 11.1. The third kappa shape index (κ3) is 3.31. The van der Waals surface area contributed by atoms with Crippen molar-refractivity contribution >= 4 is 10.0 Å². The minimum absolute atomic E-state index is 0.239. The number of aliphatic hydroxyl groups excluding tert-OH is 1. The minimum Gasteiger partial charge on any atom is -0.388 e. The second kappa shape index (κ2) is 6.31. The van der Waals surface area contributed by atoms with Gasteiger partial charge in [-0.1, -0.05) is 26.0 Å². The van der Waals surface area contributed by atoms with Gasteiger partial charge in [-0.15, -0.1) is 0 Å². The third-order valence-electron chi connectivity index (χ3n) is 2.88. The molecule has 0 aliphatic rings. The molecule has 1 aromatic rings. The Morgan fingerprint density at radius 1 is 1.33 bits per heavy atom. The summed E-state index contributed by atoms with van der Waals surface area (Å²) in [6, 6.07) is 6.52. The van der Waals surface area contributed by atoms with Gasteiger partial charge in [-0.05, 0) is 30.5 Å². The van der Waals surface area contributed by atoms with Crippen LogP contribution in [0.25, 0.3) is 0 Å². The fourth-order valence-corrected chi connectivity index (χ4v) is 3.05. The maximum absolute atomic E-state index is 12.2. The zero-order valence-corrected chi connectivity index (χ0v) is 11.9. The molecular weight excluding hydrogens is 250 g/mol. The average Bonchev–Trinajstić information content (AvgIpc) is 2.38. The van der Waals surface area contributed by atoms with Crippen LogP contribution in [0.1, 0.15) is 38.4 Å². The van der Waals surface area contributed by atoms with Crippen molar-refractivity contribution in [2.45, 2.75) is 37.7 Å². The number of aliphatic hydroxyl groups is 1. The van der Waals surface area contributed by atoms with Gasteiger partial charge in [0.2, 0.25) is 10.0 Å². The quantitative estimate of drug-likeness (QED) is 0.862. The van der Waals surface area contributed by atoms with Gasteiger partial charge in [0.25, 0.3) is 0 Å². The molecular formula is C13H21NO3S. The van der Waals surface area contributed by atoms with Crippen molar-refractivity contribution in [1.82, 2.24) is 4.31 Å². The van der Waals surface area contributed by atoms with Crippen molar-refractivity contribution in [2.75, 3.05) is 13.6 Å². The van der Waals surface area contributed by atoms with E-state index < -0.39 is 16.1 Å². The highest BCUT2D eigenvalue weighted by Gasteiger charge is 2.20. The maximum atomic E-state index is 12.2. The van der Waals surface area contributed by atoms with Gasteiger partial charge >= 0.3 is 0 Å². The molecule has 18 heavy (non-hydrogen) atoms. The Balaban J connectivity index is 3.10. The summed E-state index contributed by atoms with van der Waals surface area (Å²) in [6.45, 7) is 4.28. The number of hydrogen-bond donors (Lipinski definition) is 1. The molecule has 0 aliphatic heterocycles. The van der Waals surface area contributed by atoms with Crippen LogP contribution in [-0.4, -0.2) is 31.4 Å². The predicted molar refractivity (Wildman–Crippen MR) is 71.8 cm³/mol. The highest BCUT2D eigenvalue weighted by atomic mass is 32.2. The van der Waals surface area contributed by atoms with E-state index in [1.54, 1.807) is 31.3 Å². The smallest absolute Gasteiger partial charge is 0.242 e. The summed E-state index contributed by atoms with van der Waals surface area (Å²) in [5.74, 6) is 0. The van der Waals surface area contributed by atoms with Crippen LogP contribution in [-0.2, 0) is 10.0 Å². The molecule has 0 heterocycles. The molecule has 1 aromatic carbocycles. The minimum atomic E-state index is -3.44. The summed E-state index contributed by atoms with van der Waals surface area (Å²) in [4.78, 5) is 0.239. The van der Waals surface area contributed by atoms with Crippen LogP contribution in [0.15, 0.2) is 29.2 Å². The molecule has 0 saturated carbocycles. The summed E-state index contributed by atoms with van der Waals surface area (Å²) < 4.78 is 25.8. The first-order valence-corrected chi connectivity index (χ1v) is 7.61. The SMILES string of the molecule is CCCN(C)S(=O)(=O)c1cccc(C(O)CC)c1. The molecule has 0 bridgehead atoms. The lowest BCUT2D eigenvalue weighted by atomic mass is 10.1. The highest BCUT2D eigenvalue weighted by molar-refractivity contribution is 7.89. The van der Waals surface area contributed by atoms with Gasteiger partial charge in [0, 0.05) is 13.6 Å². The van der Waals surface area contributed by atoms with E-state index in [9.17, 15) is 13.5 Å². The molecule has 0 radical (unpaired) electrons. The molecule has 5 heteroatoms. The second-order valence-corrected chi connectivity index (χ2v) is 6.37. The van der Waals surface area contributed by atoms with Crippen molar-refractivity contribution in [3.63, 3.8) is 0 Å². The molecule has 0 spiro atoms. The van der Waals surface area contributed by atoms with E-state index in [0.717, 1.165) is 6.42 Å². The normalized spacial score (nSPS) is 13.8. The van der Waals surface area contributed by atoms with E-state index in [1.807, 2.05) is 13.8 Å². The Morgan fingerprint density at radius 2 is 2.00 bits per heavy atom. The fraction of sp³-hybridized carbons (Fsp3) is 0.538. The van der Waals surface area contributed by atoms with Crippen LogP contribution in [0.4, 0.5) is 0 Å². The van der Waals surface area contributed by atoms with Crippen LogP contribution < -0.4 is 0 Å². The summed E-state index contributed by atoms with van der Waals surface area (Å²) in [7, 11) is -1.87. The summed E-state index contributed by atoms with van der Waals surface area (Å²) in [6.07, 6.45) is 0.720. The van der Waals surface area contributed by atoms with E-state index in [4.69, 9.17) is 0 Å². The molecule has 1 rings (SSSR count). The first kappa shape index (κ1) is 15.1. The van der Waals surface area contributed by atoms with Gasteiger partial charge in [-0.2, -0.15) is 0 Å². The number of hydrogen-bond acceptors (Lipinski definition) is 3. The Morgan fingerprint density at radius 3 is 2.56 bits per heavy atom. The Kier molecular flexibility index (Phi) is 5.31. The van der Waals surface area contributed by atoms with Gasteiger partial charge in [-0.25, -0.2) is 12.7 Å². The van der Waals surface area contributed by atoms with E-state index in [-0.39, 0.29) is 4.90 Å². The molecule has 0 aliphatic carbocycles. The molecule has 0 aromatic heterocycles. The van der Waals surface area contributed by atoms with Gasteiger partial charge in [0.15, 0.2) is 0 Å². The number of sulfonamides is 1. The first-order valence-electron chi connectivity index (χ1n) is 6.17. The monoisotopic (exact) mass is 271 g/mol. The van der Waals surface area contributed by atoms with Crippen molar-refractivity contribution < 1.29 is 13.5 Å². The number of benzene rings is 1. The Hall–Kier alpha value is -0.910. The van der Waals surface area contributed by atoms with Crippen LogP contribution in [0.5, 0.6) is 0 Å². The molecule has 1 atom stereocenters. The predicted octanol–water partition coefficient (Wildman–Crippen LogP) is 2.16. The van der Waals surface area contributed by atoms with Crippen LogP contribution in [0.2, 0.25) is 0 Å². The van der Waals surface area contributed by atoms with E-state index in [0.29, 0.717) is 18.5 Å². The molecule has 0 amide bonds. The lowest BCUT2D eigenvalue weighted by Crippen LogP contribution is -2.27. The van der Waals surface area contributed by atoms with Crippen molar-refractivity contribution in [2.24, 2.45) is 0 Å². The summed E-state index contributed by atoms with van der Waals surface area (Å²) in [5.41, 5.74) is 0.642. The molecule has 102 valence electrons. The fourth-order valence-electron chi connectivity index (χ4n) is 1.73. The Labute approximate surface area is 109 Å². The molecule has 0 fully saturated rings. The van der Waals surface area contributed by atoms with Crippen molar-refractivity contribution in [3.8, 4) is 0 Å². The van der Waals surface area contributed by atoms with E-state index in [2.05, 4.69) is 0 Å². The molecule has 1 unspecified atom stereocenters. The standard InChI is InChI=1S/C13H21NO3S/c1-4-9-14(3)18(16,17)12-8-6-7-11(10-12)13(15)5-2/h6-8,10,13,15H,4-5,9H2,1-3H3. The van der Waals surface area contributed by atoms with E-state index >= 15 is 0 Å². The van der Waals surface area contributed by atoms with Gasteiger partial charge < -0.3 is 5.11 Å². The van der Waals surface area contributed by atoms with Gasteiger partial charge in [0.05, 0.1) is 11.0 Å². The number of rotatable bonds is 6. The second-order valence-electron chi connectivity index (χ2n) is 4.32. The van der Waals surface area contributed by atoms with Crippen LogP contribution in [0, 0.1) is 0 Å². The number of nitrogens with zero attached hydrogens (tertiary/aromatic N) is 1.